The van der Waals surface area contributed by atoms with Gasteiger partial charge in [-0.25, -0.2) is 4.39 Å². The van der Waals surface area contributed by atoms with E-state index >= 15 is 0 Å². The molecule has 0 unspecified atom stereocenters. The van der Waals surface area contributed by atoms with Gasteiger partial charge >= 0.3 is 0 Å². The minimum absolute atomic E-state index is 0.256. The van der Waals surface area contributed by atoms with Crippen molar-refractivity contribution in [3.8, 4) is 11.3 Å². The second-order valence-corrected chi connectivity index (χ2v) is 9.56. The molecule has 0 radical (unpaired) electrons. The number of carbonyl (C=O) groups is 1. The maximum Gasteiger partial charge on any atom is 0.236 e. The monoisotopic (exact) mass is 452 g/mol. The van der Waals surface area contributed by atoms with Crippen molar-refractivity contribution in [1.82, 2.24) is 24.9 Å². The number of hydrogen-bond donors (Lipinski definition) is 0. The molecular weight excluding hydrogens is 419 g/mol. The molecule has 2 saturated heterocycles. The van der Waals surface area contributed by atoms with Gasteiger partial charge in [0, 0.05) is 64.0 Å². The molecule has 33 heavy (non-hydrogen) atoms. The summed E-state index contributed by atoms with van der Waals surface area (Å²) in [6.45, 7) is 9.44. The molecule has 3 fully saturated rings. The topological polar surface area (TPSA) is 55.8 Å². The van der Waals surface area contributed by atoms with Crippen LogP contribution < -0.4 is 4.90 Å². The highest BCUT2D eigenvalue weighted by Crippen LogP contribution is 2.25. The second kappa shape index (κ2) is 9.73. The summed E-state index contributed by atoms with van der Waals surface area (Å²) in [5.74, 6) is 0.818. The zero-order chi connectivity index (χ0) is 22.8. The lowest BCUT2D eigenvalue weighted by Crippen LogP contribution is -2.56. The lowest BCUT2D eigenvalue weighted by Gasteiger charge is -2.43. The summed E-state index contributed by atoms with van der Waals surface area (Å²) in [6, 6.07) is 9.52. The zero-order valence-electron chi connectivity index (χ0n) is 19.4. The van der Waals surface area contributed by atoms with Crippen LogP contribution in [0.15, 0.2) is 30.3 Å². The van der Waals surface area contributed by atoms with E-state index in [0.29, 0.717) is 12.2 Å². The first kappa shape index (κ1) is 22.2. The lowest BCUT2D eigenvalue weighted by atomic mass is 9.91. The summed E-state index contributed by atoms with van der Waals surface area (Å²) < 4.78 is 13.7. The Kier molecular flexibility index (Phi) is 6.55. The number of piperazine rings is 2. The molecule has 0 atom stereocenters. The van der Waals surface area contributed by atoms with Gasteiger partial charge in [0.05, 0.1) is 12.2 Å². The highest BCUT2D eigenvalue weighted by atomic mass is 19.1. The lowest BCUT2D eigenvalue weighted by molar-refractivity contribution is -0.134. The Morgan fingerprint density at radius 3 is 2.33 bits per heavy atom. The predicted molar refractivity (Wildman–Crippen MR) is 127 cm³/mol. The Labute approximate surface area is 195 Å². The molecule has 2 aromatic rings. The number of halogens is 1. The van der Waals surface area contributed by atoms with Crippen molar-refractivity contribution in [2.45, 2.75) is 32.2 Å². The van der Waals surface area contributed by atoms with Crippen molar-refractivity contribution >= 4 is 11.7 Å². The Morgan fingerprint density at radius 1 is 0.970 bits per heavy atom. The first-order valence-electron chi connectivity index (χ1n) is 12.2. The molecule has 2 aliphatic heterocycles. The van der Waals surface area contributed by atoms with Crippen LogP contribution in [0.2, 0.25) is 0 Å². The molecule has 0 spiro atoms. The SMILES string of the molecule is Cc1cc(F)cc(-c2ccc(N3CCN(CC(=O)N4CCN(C5CCC5)CC4)CC3)nn2)c1. The first-order chi connectivity index (χ1) is 16.0. The number of aryl methyl sites for hydroxylation is 1. The molecule has 3 heterocycles. The number of benzene rings is 1. The highest BCUT2D eigenvalue weighted by Gasteiger charge is 2.30. The molecule has 1 aliphatic carbocycles. The van der Waals surface area contributed by atoms with E-state index in [2.05, 4.69) is 24.9 Å². The fourth-order valence-electron chi connectivity index (χ4n) is 5.05. The predicted octanol–water partition coefficient (Wildman–Crippen LogP) is 2.41. The Balaban J connectivity index is 1.09. The van der Waals surface area contributed by atoms with Crippen molar-refractivity contribution in [3.63, 3.8) is 0 Å². The van der Waals surface area contributed by atoms with Gasteiger partial charge in [0.1, 0.15) is 5.82 Å². The van der Waals surface area contributed by atoms with Crippen LogP contribution in [0.3, 0.4) is 0 Å². The van der Waals surface area contributed by atoms with Gasteiger partial charge in [-0.05, 0) is 55.7 Å². The summed E-state index contributed by atoms with van der Waals surface area (Å²) >= 11 is 0. The number of nitrogens with zero attached hydrogens (tertiary/aromatic N) is 6. The zero-order valence-corrected chi connectivity index (χ0v) is 19.4. The van der Waals surface area contributed by atoms with E-state index < -0.39 is 0 Å². The standard InChI is InChI=1S/C25H33FN6O/c1-19-15-20(17-21(26)16-19)23-5-6-24(28-27-23)31-9-7-29(8-10-31)18-25(33)32-13-11-30(12-14-32)22-3-2-4-22/h5-6,15-17,22H,2-4,7-14,18H2,1H3. The van der Waals surface area contributed by atoms with E-state index in [1.807, 2.05) is 30.0 Å². The van der Waals surface area contributed by atoms with E-state index in [4.69, 9.17) is 0 Å². The summed E-state index contributed by atoms with van der Waals surface area (Å²) in [4.78, 5) is 21.9. The van der Waals surface area contributed by atoms with E-state index in [9.17, 15) is 9.18 Å². The average molecular weight is 453 g/mol. The van der Waals surface area contributed by atoms with Gasteiger partial charge in [-0.1, -0.05) is 6.42 Å². The number of hydrogen-bond acceptors (Lipinski definition) is 6. The molecule has 1 saturated carbocycles. The molecule has 3 aliphatic rings. The van der Waals surface area contributed by atoms with Crippen molar-refractivity contribution in [2.24, 2.45) is 0 Å². The van der Waals surface area contributed by atoms with Gasteiger partial charge in [0.15, 0.2) is 5.82 Å². The third-order valence-corrected chi connectivity index (χ3v) is 7.30. The fraction of sp³-hybridized carbons (Fsp3) is 0.560. The van der Waals surface area contributed by atoms with E-state index in [0.717, 1.165) is 75.3 Å². The minimum atomic E-state index is -0.262. The third-order valence-electron chi connectivity index (χ3n) is 7.30. The van der Waals surface area contributed by atoms with E-state index in [1.165, 1.54) is 31.4 Å². The number of amides is 1. The highest BCUT2D eigenvalue weighted by molar-refractivity contribution is 5.78. The van der Waals surface area contributed by atoms with Gasteiger partial charge in [0.2, 0.25) is 5.91 Å². The number of carbonyl (C=O) groups excluding carboxylic acids is 1. The van der Waals surface area contributed by atoms with E-state index in [-0.39, 0.29) is 11.7 Å². The molecule has 176 valence electrons. The molecule has 8 heteroatoms. The van der Waals surface area contributed by atoms with Crippen LogP contribution >= 0.6 is 0 Å². The quantitative estimate of drug-likeness (QED) is 0.695. The number of aromatic nitrogens is 2. The molecule has 1 aromatic carbocycles. The van der Waals surface area contributed by atoms with Crippen molar-refractivity contribution in [1.29, 1.82) is 0 Å². The summed E-state index contributed by atoms with van der Waals surface area (Å²) in [7, 11) is 0. The van der Waals surface area contributed by atoms with Gasteiger partial charge in [-0.2, -0.15) is 0 Å². The first-order valence-corrected chi connectivity index (χ1v) is 12.2. The smallest absolute Gasteiger partial charge is 0.236 e. The normalized spacial score (nSPS) is 20.7. The van der Waals surface area contributed by atoms with Crippen LogP contribution in [-0.4, -0.2) is 95.7 Å². The number of rotatable bonds is 5. The maximum atomic E-state index is 13.7. The van der Waals surface area contributed by atoms with Gasteiger partial charge < -0.3 is 9.80 Å². The Morgan fingerprint density at radius 2 is 1.73 bits per heavy atom. The van der Waals surface area contributed by atoms with Crippen molar-refractivity contribution in [2.75, 3.05) is 63.8 Å². The Hall–Kier alpha value is -2.58. The molecule has 0 N–H and O–H groups in total. The Bertz CT molecular complexity index is 943. The van der Waals surface area contributed by atoms with Gasteiger partial charge in [0.25, 0.3) is 0 Å². The average Bonchev–Trinajstić information content (AvgIpc) is 2.78. The summed E-state index contributed by atoms with van der Waals surface area (Å²) in [5.41, 5.74) is 2.27. The van der Waals surface area contributed by atoms with Crippen molar-refractivity contribution in [3.05, 3.63) is 41.7 Å². The van der Waals surface area contributed by atoms with Crippen LogP contribution in [0.1, 0.15) is 24.8 Å². The van der Waals surface area contributed by atoms with E-state index in [1.54, 1.807) is 0 Å². The second-order valence-electron chi connectivity index (χ2n) is 9.56. The number of anilines is 1. The minimum Gasteiger partial charge on any atom is -0.353 e. The fourth-order valence-corrected chi connectivity index (χ4v) is 5.05. The summed E-state index contributed by atoms with van der Waals surface area (Å²) in [6.07, 6.45) is 4.02. The van der Waals surface area contributed by atoms with Crippen LogP contribution in [0.5, 0.6) is 0 Å². The van der Waals surface area contributed by atoms with Crippen LogP contribution in [0.25, 0.3) is 11.3 Å². The molecule has 0 bridgehead atoms. The maximum absolute atomic E-state index is 13.7. The molecule has 5 rings (SSSR count). The largest absolute Gasteiger partial charge is 0.353 e. The molecular formula is C25H33FN6O. The summed E-state index contributed by atoms with van der Waals surface area (Å²) in [5, 5.41) is 8.71. The molecule has 1 amide bonds. The molecule has 7 nitrogen and oxygen atoms in total. The van der Waals surface area contributed by atoms with Crippen molar-refractivity contribution < 1.29 is 9.18 Å². The molecule has 1 aromatic heterocycles. The van der Waals surface area contributed by atoms with Gasteiger partial charge in [-0.15, -0.1) is 10.2 Å². The van der Waals surface area contributed by atoms with Crippen LogP contribution in [-0.2, 0) is 4.79 Å². The van der Waals surface area contributed by atoms with Gasteiger partial charge in [-0.3, -0.25) is 14.6 Å². The third kappa shape index (κ3) is 5.17. The van der Waals surface area contributed by atoms with Crippen LogP contribution in [0.4, 0.5) is 10.2 Å². The van der Waals surface area contributed by atoms with Crippen LogP contribution in [0, 0.1) is 12.7 Å².